The van der Waals surface area contributed by atoms with Crippen LogP contribution in [0.3, 0.4) is 0 Å². The highest BCUT2D eigenvalue weighted by molar-refractivity contribution is 5.59. The first kappa shape index (κ1) is 13.9. The quantitative estimate of drug-likeness (QED) is 0.920. The van der Waals surface area contributed by atoms with E-state index in [2.05, 4.69) is 32.3 Å². The van der Waals surface area contributed by atoms with E-state index in [4.69, 9.17) is 0 Å². The zero-order chi connectivity index (χ0) is 14.5. The van der Waals surface area contributed by atoms with Crippen LogP contribution in [-0.2, 0) is 0 Å². The van der Waals surface area contributed by atoms with E-state index >= 15 is 0 Å². The molecule has 4 heteroatoms. The predicted molar refractivity (Wildman–Crippen MR) is 87.0 cm³/mol. The lowest BCUT2D eigenvalue weighted by molar-refractivity contribution is 0.461. The van der Waals surface area contributed by atoms with Crippen molar-refractivity contribution in [3.8, 4) is 0 Å². The number of benzene rings is 1. The molecular formula is C17H22N4. The molecule has 0 atom stereocenters. The third kappa shape index (κ3) is 3.51. The van der Waals surface area contributed by atoms with Crippen LogP contribution in [0.15, 0.2) is 42.6 Å². The Bertz CT molecular complexity index is 564. The van der Waals surface area contributed by atoms with Crippen LogP contribution >= 0.6 is 0 Å². The van der Waals surface area contributed by atoms with E-state index < -0.39 is 0 Å². The molecule has 0 bridgehead atoms. The van der Waals surface area contributed by atoms with Gasteiger partial charge in [0.05, 0.1) is 0 Å². The van der Waals surface area contributed by atoms with Gasteiger partial charge in [-0.15, -0.1) is 0 Å². The largest absolute Gasteiger partial charge is 0.351 e. The standard InChI is InChI=1S/C17H22N4/c1-21(15-10-6-3-7-11-15)16-12-13-18-17(20-16)19-14-8-4-2-5-9-14/h3,6-7,10-14H,2,4-5,8-9H2,1H3,(H,18,19,20). The lowest BCUT2D eigenvalue weighted by Crippen LogP contribution is -2.24. The van der Waals surface area contributed by atoms with E-state index in [1.807, 2.05) is 37.5 Å². The summed E-state index contributed by atoms with van der Waals surface area (Å²) in [4.78, 5) is 11.1. The molecule has 1 saturated carbocycles. The van der Waals surface area contributed by atoms with Gasteiger partial charge >= 0.3 is 0 Å². The van der Waals surface area contributed by atoms with Gasteiger partial charge in [-0.2, -0.15) is 4.98 Å². The summed E-state index contributed by atoms with van der Waals surface area (Å²) in [7, 11) is 2.03. The maximum absolute atomic E-state index is 4.65. The van der Waals surface area contributed by atoms with Crippen molar-refractivity contribution in [3.63, 3.8) is 0 Å². The molecule has 0 radical (unpaired) electrons. The fourth-order valence-corrected chi connectivity index (χ4v) is 2.82. The van der Waals surface area contributed by atoms with Crippen LogP contribution in [0.25, 0.3) is 0 Å². The fraction of sp³-hybridized carbons (Fsp3) is 0.412. The van der Waals surface area contributed by atoms with E-state index in [9.17, 15) is 0 Å². The second kappa shape index (κ2) is 6.57. The van der Waals surface area contributed by atoms with Crippen LogP contribution in [0.2, 0.25) is 0 Å². The Morgan fingerprint density at radius 3 is 2.57 bits per heavy atom. The van der Waals surface area contributed by atoms with Gasteiger partial charge in [-0.05, 0) is 31.0 Å². The molecule has 21 heavy (non-hydrogen) atoms. The summed E-state index contributed by atoms with van der Waals surface area (Å²) in [5.74, 6) is 1.65. The van der Waals surface area contributed by atoms with Gasteiger partial charge in [0.1, 0.15) is 5.82 Å². The molecule has 1 aliphatic carbocycles. The zero-order valence-electron chi connectivity index (χ0n) is 12.5. The van der Waals surface area contributed by atoms with Crippen molar-refractivity contribution < 1.29 is 0 Å². The number of hydrogen-bond donors (Lipinski definition) is 1. The molecule has 0 saturated heterocycles. The summed E-state index contributed by atoms with van der Waals surface area (Å²) >= 11 is 0. The average Bonchev–Trinajstić information content (AvgIpc) is 2.56. The van der Waals surface area contributed by atoms with Crippen LogP contribution in [0.1, 0.15) is 32.1 Å². The maximum Gasteiger partial charge on any atom is 0.224 e. The molecule has 1 heterocycles. The second-order valence-corrected chi connectivity index (χ2v) is 5.61. The Labute approximate surface area is 126 Å². The number of nitrogens with zero attached hydrogens (tertiary/aromatic N) is 3. The van der Waals surface area contributed by atoms with Crippen molar-refractivity contribution in [1.29, 1.82) is 0 Å². The summed E-state index contributed by atoms with van der Waals surface area (Å²) in [6.07, 6.45) is 8.25. The Balaban J connectivity index is 1.73. The van der Waals surface area contributed by atoms with Crippen molar-refractivity contribution in [3.05, 3.63) is 42.6 Å². The normalized spacial score (nSPS) is 15.7. The van der Waals surface area contributed by atoms with Gasteiger partial charge in [0, 0.05) is 25.0 Å². The lowest BCUT2D eigenvalue weighted by Gasteiger charge is -2.23. The molecule has 1 aromatic heterocycles. The SMILES string of the molecule is CN(c1ccccc1)c1ccnc(NC2CCCCC2)n1. The van der Waals surface area contributed by atoms with Crippen LogP contribution in [0.4, 0.5) is 17.5 Å². The van der Waals surface area contributed by atoms with Crippen LogP contribution in [0.5, 0.6) is 0 Å². The highest BCUT2D eigenvalue weighted by Gasteiger charge is 2.14. The van der Waals surface area contributed by atoms with Gasteiger partial charge in [-0.3, -0.25) is 0 Å². The first-order chi connectivity index (χ1) is 10.3. The van der Waals surface area contributed by atoms with Crippen LogP contribution in [0, 0.1) is 0 Å². The van der Waals surface area contributed by atoms with E-state index in [1.54, 1.807) is 0 Å². The first-order valence-electron chi connectivity index (χ1n) is 7.71. The molecule has 1 aliphatic rings. The van der Waals surface area contributed by atoms with Crippen molar-refractivity contribution in [2.75, 3.05) is 17.3 Å². The minimum atomic E-state index is 0.524. The smallest absolute Gasteiger partial charge is 0.224 e. The molecular weight excluding hydrogens is 260 g/mol. The van der Waals surface area contributed by atoms with E-state index in [1.165, 1.54) is 32.1 Å². The van der Waals surface area contributed by atoms with Crippen LogP contribution < -0.4 is 10.2 Å². The van der Waals surface area contributed by atoms with E-state index in [0.29, 0.717) is 6.04 Å². The number of hydrogen-bond acceptors (Lipinski definition) is 4. The molecule has 2 aromatic rings. The summed E-state index contributed by atoms with van der Waals surface area (Å²) in [5, 5.41) is 3.48. The number of nitrogens with one attached hydrogen (secondary N) is 1. The summed E-state index contributed by atoms with van der Waals surface area (Å²) < 4.78 is 0. The van der Waals surface area contributed by atoms with Crippen molar-refractivity contribution in [1.82, 2.24) is 9.97 Å². The number of para-hydroxylation sites is 1. The van der Waals surface area contributed by atoms with E-state index in [-0.39, 0.29) is 0 Å². The first-order valence-corrected chi connectivity index (χ1v) is 7.71. The minimum Gasteiger partial charge on any atom is -0.351 e. The molecule has 110 valence electrons. The monoisotopic (exact) mass is 282 g/mol. The summed E-state index contributed by atoms with van der Waals surface area (Å²) in [6, 6.07) is 12.7. The van der Waals surface area contributed by atoms with Crippen LogP contribution in [-0.4, -0.2) is 23.1 Å². The second-order valence-electron chi connectivity index (χ2n) is 5.61. The maximum atomic E-state index is 4.65. The molecule has 0 amide bonds. The third-order valence-corrected chi connectivity index (χ3v) is 4.07. The fourth-order valence-electron chi connectivity index (χ4n) is 2.82. The lowest BCUT2D eigenvalue weighted by atomic mass is 9.96. The molecule has 1 aromatic carbocycles. The number of aromatic nitrogens is 2. The molecule has 1 fully saturated rings. The molecule has 0 unspecified atom stereocenters. The van der Waals surface area contributed by atoms with Gasteiger partial charge in [-0.25, -0.2) is 4.98 Å². The van der Waals surface area contributed by atoms with Gasteiger partial charge in [-0.1, -0.05) is 37.5 Å². The topological polar surface area (TPSA) is 41.1 Å². The Hall–Kier alpha value is -2.10. The number of anilines is 3. The van der Waals surface area contributed by atoms with Gasteiger partial charge in [0.25, 0.3) is 0 Å². The van der Waals surface area contributed by atoms with Crippen molar-refractivity contribution in [2.45, 2.75) is 38.1 Å². The zero-order valence-corrected chi connectivity index (χ0v) is 12.5. The summed E-state index contributed by atoms with van der Waals surface area (Å²) in [6.45, 7) is 0. The Kier molecular flexibility index (Phi) is 4.34. The van der Waals surface area contributed by atoms with E-state index in [0.717, 1.165) is 17.5 Å². The third-order valence-electron chi connectivity index (χ3n) is 4.07. The average molecular weight is 282 g/mol. The van der Waals surface area contributed by atoms with Gasteiger partial charge < -0.3 is 10.2 Å². The molecule has 0 aliphatic heterocycles. The Morgan fingerprint density at radius 1 is 1.05 bits per heavy atom. The van der Waals surface area contributed by atoms with Gasteiger partial charge in [0.2, 0.25) is 5.95 Å². The van der Waals surface area contributed by atoms with Crippen molar-refractivity contribution >= 4 is 17.5 Å². The number of rotatable bonds is 4. The predicted octanol–water partition coefficient (Wildman–Crippen LogP) is 3.99. The Morgan fingerprint density at radius 2 is 1.81 bits per heavy atom. The molecule has 1 N–H and O–H groups in total. The minimum absolute atomic E-state index is 0.524. The van der Waals surface area contributed by atoms with Gasteiger partial charge in [0.15, 0.2) is 0 Å². The summed E-state index contributed by atoms with van der Waals surface area (Å²) in [5.41, 5.74) is 1.12. The van der Waals surface area contributed by atoms with Crippen molar-refractivity contribution in [2.24, 2.45) is 0 Å². The molecule has 0 spiro atoms. The highest BCUT2D eigenvalue weighted by Crippen LogP contribution is 2.23. The molecule has 3 rings (SSSR count). The highest BCUT2D eigenvalue weighted by atomic mass is 15.2. The molecule has 4 nitrogen and oxygen atoms in total.